The predicted octanol–water partition coefficient (Wildman–Crippen LogP) is 3.37. The summed E-state index contributed by atoms with van der Waals surface area (Å²) in [5, 5.41) is 5.69. The minimum atomic E-state index is -0.168. The minimum absolute atomic E-state index is 0.168. The van der Waals surface area contributed by atoms with Crippen LogP contribution in [0, 0.1) is 13.8 Å². The van der Waals surface area contributed by atoms with Crippen LogP contribution in [0.1, 0.15) is 43.2 Å². The summed E-state index contributed by atoms with van der Waals surface area (Å²) < 4.78 is 1.95. The van der Waals surface area contributed by atoms with Crippen LogP contribution in [0.3, 0.4) is 0 Å². The average molecular weight is 309 g/mol. The molecule has 0 radical (unpaired) electrons. The summed E-state index contributed by atoms with van der Waals surface area (Å²) in [7, 11) is 0. The zero-order valence-electron chi connectivity index (χ0n) is 14.4. The molecule has 3 aromatic rings. The van der Waals surface area contributed by atoms with E-state index in [1.165, 1.54) is 23.0 Å². The lowest BCUT2D eigenvalue weighted by molar-refractivity contribution is 0.363. The molecule has 0 atom stereocenters. The molecule has 5 nitrogen and oxygen atoms in total. The van der Waals surface area contributed by atoms with Crippen molar-refractivity contribution in [3.8, 4) is 0 Å². The second-order valence-corrected chi connectivity index (χ2v) is 7.02. The lowest BCUT2D eigenvalue weighted by Crippen LogP contribution is -2.23. The van der Waals surface area contributed by atoms with Crippen LogP contribution in [-0.4, -0.2) is 19.7 Å². The van der Waals surface area contributed by atoms with Crippen molar-refractivity contribution in [1.29, 1.82) is 0 Å². The first-order valence-corrected chi connectivity index (χ1v) is 7.82. The fraction of sp³-hybridized carbons (Fsp3) is 0.389. The van der Waals surface area contributed by atoms with Gasteiger partial charge in [-0.15, -0.1) is 0 Å². The van der Waals surface area contributed by atoms with Gasteiger partial charge in [-0.25, -0.2) is 14.6 Å². The van der Waals surface area contributed by atoms with Gasteiger partial charge in [-0.2, -0.15) is 5.10 Å². The maximum Gasteiger partial charge on any atom is 0.164 e. The highest BCUT2D eigenvalue weighted by Gasteiger charge is 2.23. The summed E-state index contributed by atoms with van der Waals surface area (Å²) >= 11 is 0. The zero-order valence-corrected chi connectivity index (χ0v) is 14.4. The molecule has 0 fully saturated rings. The predicted molar refractivity (Wildman–Crippen MR) is 93.5 cm³/mol. The van der Waals surface area contributed by atoms with Crippen LogP contribution in [0.5, 0.6) is 0 Å². The van der Waals surface area contributed by atoms with Gasteiger partial charge in [0.25, 0.3) is 0 Å². The molecule has 2 heterocycles. The number of anilines is 1. The molecule has 0 spiro atoms. The molecule has 0 aliphatic carbocycles. The van der Waals surface area contributed by atoms with Crippen LogP contribution in [0.2, 0.25) is 0 Å². The number of fused-ring (bicyclic) bond motifs is 1. The second kappa shape index (κ2) is 5.33. The molecule has 0 unspecified atom stereocenters. The van der Waals surface area contributed by atoms with Crippen LogP contribution in [-0.2, 0) is 12.0 Å². The normalized spacial score (nSPS) is 12.0. The van der Waals surface area contributed by atoms with Gasteiger partial charge in [0.05, 0.1) is 16.6 Å². The Kier molecular flexibility index (Phi) is 3.59. The van der Waals surface area contributed by atoms with Gasteiger partial charge >= 0.3 is 0 Å². The van der Waals surface area contributed by atoms with Crippen molar-refractivity contribution in [2.45, 2.75) is 46.6 Å². The third-order valence-electron chi connectivity index (χ3n) is 4.28. The number of hydrogen-bond donors (Lipinski definition) is 1. The number of aromatic nitrogens is 4. The van der Waals surface area contributed by atoms with E-state index >= 15 is 0 Å². The number of hydrogen-bond acceptors (Lipinski definition) is 4. The first-order valence-electron chi connectivity index (χ1n) is 7.82. The summed E-state index contributed by atoms with van der Waals surface area (Å²) in [6.07, 6.45) is 2.23. The summed E-state index contributed by atoms with van der Waals surface area (Å²) in [6.45, 7) is 10.6. The molecule has 5 heteroatoms. The Morgan fingerprint density at radius 2 is 1.87 bits per heavy atom. The van der Waals surface area contributed by atoms with E-state index in [1.54, 1.807) is 0 Å². The standard InChI is InChI=1S/C18H23N5/c1-11-7-6-8-13(12(11)2)9-14-15-16(19)20-10-21-17(15)23(22-14)18(3,4)5/h6-8,10H,9H2,1-5H3,(H2,19,20,21). The molecular formula is C18H23N5. The molecular weight excluding hydrogens is 286 g/mol. The van der Waals surface area contributed by atoms with E-state index in [1.807, 2.05) is 4.68 Å². The Labute approximate surface area is 136 Å². The average Bonchev–Trinajstić information content (AvgIpc) is 2.84. The van der Waals surface area contributed by atoms with Crippen molar-refractivity contribution in [3.05, 3.63) is 46.9 Å². The van der Waals surface area contributed by atoms with E-state index in [0.717, 1.165) is 23.1 Å². The lowest BCUT2D eigenvalue weighted by atomic mass is 9.99. The highest BCUT2D eigenvalue weighted by Crippen LogP contribution is 2.28. The van der Waals surface area contributed by atoms with Gasteiger partial charge in [-0.1, -0.05) is 18.2 Å². The van der Waals surface area contributed by atoms with Gasteiger partial charge in [-0.3, -0.25) is 0 Å². The van der Waals surface area contributed by atoms with Crippen LogP contribution >= 0.6 is 0 Å². The molecule has 0 amide bonds. The fourth-order valence-electron chi connectivity index (χ4n) is 2.82. The van der Waals surface area contributed by atoms with E-state index in [2.05, 4.69) is 62.8 Å². The Bertz CT molecular complexity index is 871. The van der Waals surface area contributed by atoms with Crippen molar-refractivity contribution >= 4 is 16.9 Å². The van der Waals surface area contributed by atoms with E-state index in [0.29, 0.717) is 5.82 Å². The first kappa shape index (κ1) is 15.5. The van der Waals surface area contributed by atoms with Gasteiger partial charge in [0.15, 0.2) is 5.65 Å². The number of rotatable bonds is 2. The van der Waals surface area contributed by atoms with E-state index in [9.17, 15) is 0 Å². The van der Waals surface area contributed by atoms with Crippen LogP contribution in [0.15, 0.2) is 24.5 Å². The fourth-order valence-corrected chi connectivity index (χ4v) is 2.82. The SMILES string of the molecule is Cc1cccc(Cc2nn(C(C)(C)C)c3ncnc(N)c23)c1C. The monoisotopic (exact) mass is 309 g/mol. The highest BCUT2D eigenvalue weighted by molar-refractivity contribution is 5.88. The molecule has 3 rings (SSSR count). The van der Waals surface area contributed by atoms with Gasteiger partial charge in [0.2, 0.25) is 0 Å². The van der Waals surface area contributed by atoms with Crippen molar-refractivity contribution in [2.75, 3.05) is 5.73 Å². The largest absolute Gasteiger partial charge is 0.383 e. The number of benzene rings is 1. The third-order valence-corrected chi connectivity index (χ3v) is 4.28. The van der Waals surface area contributed by atoms with Crippen LogP contribution in [0.4, 0.5) is 5.82 Å². The Morgan fingerprint density at radius 3 is 2.57 bits per heavy atom. The van der Waals surface area contributed by atoms with Crippen molar-refractivity contribution < 1.29 is 0 Å². The van der Waals surface area contributed by atoms with Gasteiger partial charge in [0.1, 0.15) is 12.1 Å². The molecule has 0 bridgehead atoms. The van der Waals surface area contributed by atoms with Crippen molar-refractivity contribution in [1.82, 2.24) is 19.7 Å². The molecule has 0 saturated carbocycles. The maximum absolute atomic E-state index is 6.13. The number of nitrogens with zero attached hydrogens (tertiary/aromatic N) is 4. The van der Waals surface area contributed by atoms with Gasteiger partial charge in [-0.05, 0) is 51.3 Å². The van der Waals surface area contributed by atoms with Crippen molar-refractivity contribution in [2.24, 2.45) is 0 Å². The molecule has 120 valence electrons. The van der Waals surface area contributed by atoms with Crippen molar-refractivity contribution in [3.63, 3.8) is 0 Å². The molecule has 0 aliphatic rings. The summed E-state index contributed by atoms with van der Waals surface area (Å²) in [5.74, 6) is 0.491. The summed E-state index contributed by atoms with van der Waals surface area (Å²) in [6, 6.07) is 6.35. The molecule has 1 aromatic carbocycles. The summed E-state index contributed by atoms with van der Waals surface area (Å²) in [4.78, 5) is 8.58. The highest BCUT2D eigenvalue weighted by atomic mass is 15.3. The van der Waals surface area contributed by atoms with E-state index in [-0.39, 0.29) is 5.54 Å². The molecule has 23 heavy (non-hydrogen) atoms. The zero-order chi connectivity index (χ0) is 16.8. The molecule has 0 aliphatic heterocycles. The maximum atomic E-state index is 6.13. The second-order valence-electron chi connectivity index (χ2n) is 7.02. The molecule has 2 aromatic heterocycles. The number of nitrogen functional groups attached to an aromatic ring is 1. The minimum Gasteiger partial charge on any atom is -0.383 e. The molecule has 2 N–H and O–H groups in total. The lowest BCUT2D eigenvalue weighted by Gasteiger charge is -2.19. The van der Waals surface area contributed by atoms with E-state index < -0.39 is 0 Å². The Balaban J connectivity index is 2.20. The van der Waals surface area contributed by atoms with Gasteiger partial charge < -0.3 is 5.73 Å². The van der Waals surface area contributed by atoms with Crippen LogP contribution < -0.4 is 5.73 Å². The quantitative estimate of drug-likeness (QED) is 0.788. The number of aryl methyl sites for hydroxylation is 1. The first-order chi connectivity index (χ1) is 10.8. The molecule has 0 saturated heterocycles. The summed E-state index contributed by atoms with van der Waals surface area (Å²) in [5.41, 5.74) is 11.5. The third kappa shape index (κ3) is 2.67. The number of nitrogens with two attached hydrogens (primary N) is 1. The smallest absolute Gasteiger partial charge is 0.164 e. The van der Waals surface area contributed by atoms with Crippen LogP contribution in [0.25, 0.3) is 11.0 Å². The van der Waals surface area contributed by atoms with Gasteiger partial charge in [0, 0.05) is 6.42 Å². The topological polar surface area (TPSA) is 69.6 Å². The Morgan fingerprint density at radius 1 is 1.13 bits per heavy atom. The Hall–Kier alpha value is -2.43. The van der Waals surface area contributed by atoms with E-state index in [4.69, 9.17) is 10.8 Å².